The first kappa shape index (κ1) is 39.3. The van der Waals surface area contributed by atoms with Crippen LogP contribution in [-0.2, 0) is 18.8 Å². The Kier molecular flexibility index (Phi) is 11.0. The Labute approximate surface area is 312 Å². The molecule has 4 unspecified atom stereocenters. The summed E-state index contributed by atoms with van der Waals surface area (Å²) in [5.74, 6) is -1.45. The van der Waals surface area contributed by atoms with E-state index in [4.69, 9.17) is 0 Å². The summed E-state index contributed by atoms with van der Waals surface area (Å²) in [7, 11) is 0. The number of carbonyl (C=O) groups excluding carboxylic acids is 2. The Morgan fingerprint density at radius 3 is 1.91 bits per heavy atom. The number of carbonyl (C=O) groups is 2. The lowest BCUT2D eigenvalue weighted by Gasteiger charge is -2.24. The highest BCUT2D eigenvalue weighted by molar-refractivity contribution is 5.95. The van der Waals surface area contributed by atoms with Gasteiger partial charge in [0.05, 0.1) is 12.1 Å². The molecule has 14 heteroatoms. The highest BCUT2D eigenvalue weighted by Gasteiger charge is 2.39. The van der Waals surface area contributed by atoms with Crippen LogP contribution < -0.4 is 21.8 Å². The number of alkyl halides is 6. The second-order valence-corrected chi connectivity index (χ2v) is 14.3. The second kappa shape index (κ2) is 15.4. The van der Waals surface area contributed by atoms with Gasteiger partial charge in [-0.25, -0.2) is 0 Å². The van der Waals surface area contributed by atoms with Crippen LogP contribution in [0, 0.1) is 12.8 Å². The van der Waals surface area contributed by atoms with Crippen LogP contribution in [0.2, 0.25) is 0 Å². The number of unbranched alkanes of at least 4 members (excludes halogenated alkanes) is 1. The van der Waals surface area contributed by atoms with E-state index in [1.807, 2.05) is 50.3 Å². The molecule has 8 nitrogen and oxygen atoms in total. The molecule has 0 saturated carbocycles. The summed E-state index contributed by atoms with van der Waals surface area (Å²) in [6.07, 6.45) is -3.02. The number of benzene rings is 2. The van der Waals surface area contributed by atoms with Crippen LogP contribution in [0.3, 0.4) is 0 Å². The Morgan fingerprint density at radius 2 is 1.33 bits per heavy atom. The summed E-state index contributed by atoms with van der Waals surface area (Å²) in [6.45, 7) is 6.03. The molecule has 2 heterocycles. The molecule has 2 amide bonds. The largest absolute Gasteiger partial charge is 0.431 e. The van der Waals surface area contributed by atoms with Crippen molar-refractivity contribution in [3.63, 3.8) is 0 Å². The van der Waals surface area contributed by atoms with Crippen molar-refractivity contribution >= 4 is 17.9 Å². The first-order chi connectivity index (χ1) is 26.0. The molecule has 0 fully saturated rings. The van der Waals surface area contributed by atoms with E-state index in [1.54, 1.807) is 9.97 Å². The number of aromatic amines is 2. The fourth-order valence-corrected chi connectivity index (χ4v) is 7.81. The first-order valence-corrected chi connectivity index (χ1v) is 18.1. The van der Waals surface area contributed by atoms with Crippen molar-refractivity contribution < 1.29 is 35.9 Å². The monoisotopic (exact) mass is 766 g/mol. The van der Waals surface area contributed by atoms with E-state index in [9.17, 15) is 45.5 Å². The van der Waals surface area contributed by atoms with Crippen LogP contribution in [0.5, 0.6) is 0 Å². The number of amides is 2. The van der Waals surface area contributed by atoms with Crippen LogP contribution in [0.15, 0.2) is 75.8 Å². The Balaban J connectivity index is 1.12. The van der Waals surface area contributed by atoms with Crippen LogP contribution in [-0.4, -0.2) is 21.8 Å². The van der Waals surface area contributed by atoms with Gasteiger partial charge >= 0.3 is 12.4 Å². The summed E-state index contributed by atoms with van der Waals surface area (Å²) < 4.78 is 78.5. The Hall–Kier alpha value is -5.40. The SMILES string of the molecule is CCCC1C(C)c2cc(CCCCC3=Cc4ccc(C)cc4C3NC(=O)c3ccc(C(F)(F)F)[nH]c3=O)ccc2C1NC(=O)c1ccc(C(F)(F)F)[nH]c1=O. The molecule has 6 rings (SSSR count). The van der Waals surface area contributed by atoms with E-state index >= 15 is 0 Å². The zero-order valence-corrected chi connectivity index (χ0v) is 30.3. The summed E-state index contributed by atoms with van der Waals surface area (Å²) in [5, 5.41) is 5.80. The molecule has 4 N–H and O–H groups in total. The highest BCUT2D eigenvalue weighted by Crippen LogP contribution is 2.48. The van der Waals surface area contributed by atoms with E-state index in [0.717, 1.165) is 83.2 Å². The van der Waals surface area contributed by atoms with Gasteiger partial charge in [0, 0.05) is 0 Å². The zero-order valence-electron chi connectivity index (χ0n) is 30.3. The number of rotatable bonds is 11. The number of aromatic nitrogens is 2. The van der Waals surface area contributed by atoms with E-state index < -0.39 is 69.9 Å². The fraction of sp³-hybridized carbons (Fsp3) is 0.366. The molecule has 2 aliphatic rings. The fourth-order valence-electron chi connectivity index (χ4n) is 7.81. The van der Waals surface area contributed by atoms with Gasteiger partial charge in [-0.15, -0.1) is 0 Å². The van der Waals surface area contributed by atoms with Crippen molar-refractivity contribution in [2.45, 2.75) is 89.7 Å². The van der Waals surface area contributed by atoms with Crippen molar-refractivity contribution in [3.05, 3.63) is 143 Å². The van der Waals surface area contributed by atoms with Crippen molar-refractivity contribution in [3.8, 4) is 0 Å². The van der Waals surface area contributed by atoms with E-state index in [1.165, 1.54) is 0 Å². The molecule has 4 atom stereocenters. The maximum Gasteiger partial charge on any atom is 0.431 e. The lowest BCUT2D eigenvalue weighted by molar-refractivity contribution is -0.142. The van der Waals surface area contributed by atoms with Crippen molar-refractivity contribution in [2.24, 2.45) is 5.92 Å². The molecule has 55 heavy (non-hydrogen) atoms. The smallest absolute Gasteiger partial charge is 0.345 e. The van der Waals surface area contributed by atoms with Crippen molar-refractivity contribution in [1.82, 2.24) is 20.6 Å². The number of hydrogen-bond donors (Lipinski definition) is 4. The summed E-state index contributed by atoms with van der Waals surface area (Å²) in [4.78, 5) is 54.8. The van der Waals surface area contributed by atoms with Gasteiger partial charge in [0.1, 0.15) is 22.5 Å². The predicted molar refractivity (Wildman–Crippen MR) is 195 cm³/mol. The minimum absolute atomic E-state index is 0.0117. The number of halogens is 6. The minimum atomic E-state index is -4.76. The van der Waals surface area contributed by atoms with Crippen LogP contribution in [0.1, 0.15) is 129 Å². The molecule has 0 aliphatic heterocycles. The molecule has 0 bridgehead atoms. The third-order valence-electron chi connectivity index (χ3n) is 10.6. The number of fused-ring (bicyclic) bond motifs is 2. The molecule has 2 aliphatic carbocycles. The van der Waals surface area contributed by atoms with Crippen LogP contribution >= 0.6 is 0 Å². The van der Waals surface area contributed by atoms with Gasteiger partial charge < -0.3 is 20.6 Å². The number of hydrogen-bond acceptors (Lipinski definition) is 4. The van der Waals surface area contributed by atoms with Gasteiger partial charge in [-0.1, -0.05) is 68.3 Å². The van der Waals surface area contributed by atoms with E-state index in [2.05, 4.69) is 23.6 Å². The number of pyridine rings is 2. The lowest BCUT2D eigenvalue weighted by atomic mass is 9.88. The Bertz CT molecular complexity index is 2270. The number of H-pyrrole nitrogens is 2. The van der Waals surface area contributed by atoms with Gasteiger partial charge in [-0.2, -0.15) is 26.3 Å². The third kappa shape index (κ3) is 8.32. The normalized spacial score (nSPS) is 19.1. The van der Waals surface area contributed by atoms with Gasteiger partial charge in [-0.05, 0) is 109 Å². The van der Waals surface area contributed by atoms with E-state index in [-0.39, 0.29) is 11.8 Å². The molecule has 0 radical (unpaired) electrons. The standard InChI is InChI=1S/C41H40F6N4O4/c1-4-7-26-22(3)30-19-23(11-13-27(30)35(26)51-39(55)29-15-17-33(41(45,46)47)49-37(29)53)8-5-6-9-25-20-24-12-10-21(2)18-31(24)34(25)50-38(54)28-14-16-32(40(42,43)44)48-36(28)52/h10-20,22,26,34-35H,4-9H2,1-3H3,(H,48,52)(H,49,53)(H,50,54)(H,51,55). The third-order valence-corrected chi connectivity index (χ3v) is 10.6. The predicted octanol–water partition coefficient (Wildman–Crippen LogP) is 8.69. The molecule has 0 spiro atoms. The maximum atomic E-state index is 13.2. The lowest BCUT2D eigenvalue weighted by Crippen LogP contribution is -2.35. The average Bonchev–Trinajstić information content (AvgIpc) is 3.58. The molecular formula is C41H40F6N4O4. The molecular weight excluding hydrogens is 726 g/mol. The summed E-state index contributed by atoms with van der Waals surface area (Å²) >= 11 is 0. The molecule has 0 saturated heterocycles. The first-order valence-electron chi connectivity index (χ1n) is 18.1. The van der Waals surface area contributed by atoms with Gasteiger partial charge in [-0.3, -0.25) is 19.2 Å². The molecule has 4 aromatic rings. The molecule has 2 aromatic carbocycles. The maximum absolute atomic E-state index is 13.2. The average molecular weight is 767 g/mol. The van der Waals surface area contributed by atoms with Gasteiger partial charge in [0.25, 0.3) is 22.9 Å². The zero-order chi connectivity index (χ0) is 39.8. The quantitative estimate of drug-likeness (QED) is 0.0901. The van der Waals surface area contributed by atoms with Crippen LogP contribution in [0.25, 0.3) is 6.08 Å². The minimum Gasteiger partial charge on any atom is -0.345 e. The molecule has 290 valence electrons. The van der Waals surface area contributed by atoms with Gasteiger partial charge in [0.2, 0.25) is 0 Å². The summed E-state index contributed by atoms with van der Waals surface area (Å²) in [5.41, 5.74) is 1.13. The van der Waals surface area contributed by atoms with Crippen molar-refractivity contribution in [2.75, 3.05) is 0 Å². The topological polar surface area (TPSA) is 124 Å². The highest BCUT2D eigenvalue weighted by atomic mass is 19.4. The number of nitrogens with one attached hydrogen (secondary N) is 4. The number of aryl methyl sites for hydroxylation is 2. The second-order valence-electron chi connectivity index (χ2n) is 14.3. The van der Waals surface area contributed by atoms with Gasteiger partial charge in [0.15, 0.2) is 0 Å². The summed E-state index contributed by atoms with van der Waals surface area (Å²) in [6, 6.07) is 14.0. The van der Waals surface area contributed by atoms with E-state index in [0.29, 0.717) is 18.6 Å². The Morgan fingerprint density at radius 1 is 0.727 bits per heavy atom. The molecule has 2 aromatic heterocycles. The van der Waals surface area contributed by atoms with Crippen LogP contribution in [0.4, 0.5) is 26.3 Å². The van der Waals surface area contributed by atoms with Crippen molar-refractivity contribution in [1.29, 1.82) is 0 Å².